The molecular weight excluding hydrogens is 428 g/mol. The monoisotopic (exact) mass is 446 g/mol. The number of anilines is 1. The van der Waals surface area contributed by atoms with Crippen LogP contribution < -0.4 is 10.6 Å². The normalized spacial score (nSPS) is 11.2. The number of benzene rings is 2. The second-order valence-electron chi connectivity index (χ2n) is 5.92. The zero-order valence-electron chi connectivity index (χ0n) is 15.3. The maximum absolute atomic E-state index is 12.2. The van der Waals surface area contributed by atoms with Crippen molar-refractivity contribution in [3.8, 4) is 0 Å². The molecule has 8 heteroatoms. The first-order chi connectivity index (χ1) is 13.3. The zero-order chi connectivity index (χ0) is 20.7. The predicted octanol–water partition coefficient (Wildman–Crippen LogP) is 2.95. The Balaban J connectivity index is 1.87. The molecule has 0 fully saturated rings. The van der Waals surface area contributed by atoms with Gasteiger partial charge in [-0.2, -0.15) is 0 Å². The number of para-hydroxylation sites is 1. The van der Waals surface area contributed by atoms with Crippen LogP contribution in [0.3, 0.4) is 0 Å². The maximum Gasteiger partial charge on any atom is 0.326 e. The van der Waals surface area contributed by atoms with Gasteiger partial charge in [0.2, 0.25) is 0 Å². The summed E-state index contributed by atoms with van der Waals surface area (Å²) in [6.45, 7) is 2.41. The molecule has 146 valence electrons. The lowest BCUT2D eigenvalue weighted by Gasteiger charge is -2.15. The lowest BCUT2D eigenvalue weighted by Crippen LogP contribution is -2.36. The number of rotatable bonds is 7. The van der Waals surface area contributed by atoms with E-state index in [9.17, 15) is 19.2 Å². The average Bonchev–Trinajstić information content (AvgIpc) is 2.66. The van der Waals surface area contributed by atoms with E-state index in [0.717, 1.165) is 4.47 Å². The molecule has 0 saturated carbocycles. The Morgan fingerprint density at radius 1 is 1.07 bits per heavy atom. The van der Waals surface area contributed by atoms with Crippen molar-refractivity contribution >= 4 is 45.2 Å². The Kier molecular flexibility index (Phi) is 7.45. The molecule has 2 aromatic rings. The first-order valence-corrected chi connectivity index (χ1v) is 9.21. The summed E-state index contributed by atoms with van der Waals surface area (Å²) in [6.07, 6.45) is -1.10. The molecule has 0 aliphatic rings. The fraction of sp³-hybridized carbons (Fsp3) is 0.200. The van der Waals surface area contributed by atoms with Crippen molar-refractivity contribution in [1.29, 1.82) is 0 Å². The van der Waals surface area contributed by atoms with Gasteiger partial charge in [0.1, 0.15) is 6.54 Å². The van der Waals surface area contributed by atoms with Gasteiger partial charge in [-0.05, 0) is 44.2 Å². The van der Waals surface area contributed by atoms with Gasteiger partial charge in [0, 0.05) is 15.6 Å². The fourth-order valence-corrected chi connectivity index (χ4v) is 2.71. The van der Waals surface area contributed by atoms with Gasteiger partial charge in [-0.1, -0.05) is 34.1 Å². The molecule has 1 unspecified atom stereocenters. The van der Waals surface area contributed by atoms with Gasteiger partial charge in [0.05, 0.1) is 5.69 Å². The van der Waals surface area contributed by atoms with Crippen LogP contribution in [0, 0.1) is 0 Å². The lowest BCUT2D eigenvalue weighted by molar-refractivity contribution is -0.152. The molecule has 0 saturated heterocycles. The van der Waals surface area contributed by atoms with E-state index in [0.29, 0.717) is 16.8 Å². The Morgan fingerprint density at radius 2 is 1.79 bits per heavy atom. The molecule has 0 spiro atoms. The Labute approximate surface area is 170 Å². The van der Waals surface area contributed by atoms with Crippen LogP contribution in [0.15, 0.2) is 53.0 Å². The van der Waals surface area contributed by atoms with Gasteiger partial charge in [-0.15, -0.1) is 0 Å². The number of carbonyl (C=O) groups is 4. The van der Waals surface area contributed by atoms with Crippen molar-refractivity contribution < 1.29 is 23.9 Å². The summed E-state index contributed by atoms with van der Waals surface area (Å²) in [5.41, 5.74) is 1.08. The second kappa shape index (κ2) is 9.80. The van der Waals surface area contributed by atoms with E-state index in [1.807, 2.05) is 0 Å². The molecule has 28 heavy (non-hydrogen) atoms. The number of ether oxygens (including phenoxy) is 1. The minimum absolute atomic E-state index is 0.198. The minimum Gasteiger partial charge on any atom is -0.451 e. The highest BCUT2D eigenvalue weighted by molar-refractivity contribution is 9.10. The highest BCUT2D eigenvalue weighted by atomic mass is 79.9. The van der Waals surface area contributed by atoms with E-state index in [2.05, 4.69) is 26.6 Å². The van der Waals surface area contributed by atoms with E-state index in [1.165, 1.54) is 13.8 Å². The van der Waals surface area contributed by atoms with Crippen LogP contribution >= 0.6 is 15.9 Å². The summed E-state index contributed by atoms with van der Waals surface area (Å²) in [6, 6.07) is 13.2. The molecule has 2 N–H and O–H groups in total. The standard InChI is InChI=1S/C20H19BrN2O5/c1-12(24)16-8-3-4-9-17(16)23-19(26)13(2)28-18(25)11-22-20(27)14-6-5-7-15(21)10-14/h3-10,13H,11H2,1-2H3,(H,22,27)(H,23,26). The van der Waals surface area contributed by atoms with Crippen molar-refractivity contribution in [3.63, 3.8) is 0 Å². The van der Waals surface area contributed by atoms with Gasteiger partial charge in [0.15, 0.2) is 11.9 Å². The van der Waals surface area contributed by atoms with E-state index in [-0.39, 0.29) is 12.3 Å². The minimum atomic E-state index is -1.10. The van der Waals surface area contributed by atoms with Crippen LogP contribution in [0.25, 0.3) is 0 Å². The zero-order valence-corrected chi connectivity index (χ0v) is 16.9. The molecule has 0 radical (unpaired) electrons. The highest BCUT2D eigenvalue weighted by Gasteiger charge is 2.20. The predicted molar refractivity (Wildman–Crippen MR) is 107 cm³/mol. The molecule has 0 aliphatic carbocycles. The summed E-state index contributed by atoms with van der Waals surface area (Å²) in [5, 5.41) is 5.00. The average molecular weight is 447 g/mol. The Hall–Kier alpha value is -3.00. The molecule has 0 heterocycles. The molecular formula is C20H19BrN2O5. The molecule has 0 bridgehead atoms. The number of amides is 2. The topological polar surface area (TPSA) is 102 Å². The van der Waals surface area contributed by atoms with Gasteiger partial charge < -0.3 is 15.4 Å². The van der Waals surface area contributed by atoms with E-state index in [4.69, 9.17) is 4.74 Å². The van der Waals surface area contributed by atoms with Crippen molar-refractivity contribution in [2.45, 2.75) is 20.0 Å². The van der Waals surface area contributed by atoms with E-state index < -0.39 is 23.9 Å². The highest BCUT2D eigenvalue weighted by Crippen LogP contribution is 2.16. The number of hydrogen-bond acceptors (Lipinski definition) is 5. The third kappa shape index (κ3) is 6.02. The molecule has 2 rings (SSSR count). The van der Waals surface area contributed by atoms with Crippen LogP contribution in [-0.4, -0.2) is 36.2 Å². The van der Waals surface area contributed by atoms with E-state index in [1.54, 1.807) is 48.5 Å². The maximum atomic E-state index is 12.2. The van der Waals surface area contributed by atoms with Crippen LogP contribution in [-0.2, 0) is 14.3 Å². The van der Waals surface area contributed by atoms with E-state index >= 15 is 0 Å². The van der Waals surface area contributed by atoms with Crippen molar-refractivity contribution in [1.82, 2.24) is 5.32 Å². The number of halogens is 1. The third-order valence-electron chi connectivity index (χ3n) is 3.72. The van der Waals surface area contributed by atoms with Crippen LogP contribution in [0.2, 0.25) is 0 Å². The van der Waals surface area contributed by atoms with Gasteiger partial charge in [-0.3, -0.25) is 19.2 Å². The summed E-state index contributed by atoms with van der Waals surface area (Å²) in [4.78, 5) is 47.8. The second-order valence-corrected chi connectivity index (χ2v) is 6.83. The SMILES string of the molecule is CC(=O)c1ccccc1NC(=O)C(C)OC(=O)CNC(=O)c1cccc(Br)c1. The largest absolute Gasteiger partial charge is 0.451 e. The molecule has 7 nitrogen and oxygen atoms in total. The number of carbonyl (C=O) groups excluding carboxylic acids is 4. The van der Waals surface area contributed by atoms with Crippen molar-refractivity contribution in [2.75, 3.05) is 11.9 Å². The van der Waals surface area contributed by atoms with Crippen molar-refractivity contribution in [2.24, 2.45) is 0 Å². The fourth-order valence-electron chi connectivity index (χ4n) is 2.31. The summed E-state index contributed by atoms with van der Waals surface area (Å²) < 4.78 is 5.77. The van der Waals surface area contributed by atoms with Crippen LogP contribution in [0.1, 0.15) is 34.6 Å². The summed E-state index contributed by atoms with van der Waals surface area (Å²) >= 11 is 3.26. The summed E-state index contributed by atoms with van der Waals surface area (Å²) in [5.74, 6) is -1.98. The number of esters is 1. The summed E-state index contributed by atoms with van der Waals surface area (Å²) in [7, 11) is 0. The van der Waals surface area contributed by atoms with Crippen molar-refractivity contribution in [3.05, 3.63) is 64.1 Å². The molecule has 0 aliphatic heterocycles. The molecule has 0 aromatic heterocycles. The quantitative estimate of drug-likeness (QED) is 0.502. The van der Waals surface area contributed by atoms with Crippen LogP contribution in [0.4, 0.5) is 5.69 Å². The Morgan fingerprint density at radius 3 is 2.46 bits per heavy atom. The Bertz CT molecular complexity index is 913. The first-order valence-electron chi connectivity index (χ1n) is 8.42. The number of nitrogens with one attached hydrogen (secondary N) is 2. The number of Topliss-reactive ketones (excluding diaryl/α,β-unsaturated/α-hetero) is 1. The molecule has 2 aromatic carbocycles. The molecule has 2 amide bonds. The van der Waals surface area contributed by atoms with Gasteiger partial charge in [-0.25, -0.2) is 0 Å². The first kappa shape index (κ1) is 21.3. The van der Waals surface area contributed by atoms with Crippen LogP contribution in [0.5, 0.6) is 0 Å². The van der Waals surface area contributed by atoms with Gasteiger partial charge >= 0.3 is 5.97 Å². The smallest absolute Gasteiger partial charge is 0.326 e. The number of hydrogen-bond donors (Lipinski definition) is 2. The van der Waals surface area contributed by atoms with Gasteiger partial charge in [0.25, 0.3) is 11.8 Å². The molecule has 1 atom stereocenters. The number of ketones is 1. The third-order valence-corrected chi connectivity index (χ3v) is 4.22. The lowest BCUT2D eigenvalue weighted by atomic mass is 10.1.